The minimum atomic E-state index is 0.275. The third-order valence-corrected chi connectivity index (χ3v) is 3.17. The normalized spacial score (nSPS) is 19.9. The lowest BCUT2D eigenvalue weighted by Gasteiger charge is -2.27. The largest absolute Gasteiger partial charge is 0.316 e. The molecule has 1 heterocycles. The molecule has 0 radical (unpaired) electrons. The Kier molecular flexibility index (Phi) is 2.36. The summed E-state index contributed by atoms with van der Waals surface area (Å²) >= 11 is 0. The van der Waals surface area contributed by atoms with Gasteiger partial charge in [-0.2, -0.15) is 0 Å². The number of aryl methyl sites for hydroxylation is 1. The lowest BCUT2D eigenvalue weighted by molar-refractivity contribution is 0.486. The summed E-state index contributed by atoms with van der Waals surface area (Å²) in [6.45, 7) is 9.09. The lowest BCUT2D eigenvalue weighted by Crippen LogP contribution is -2.31. The van der Waals surface area contributed by atoms with Gasteiger partial charge in [-0.25, -0.2) is 0 Å². The fourth-order valence-corrected chi connectivity index (χ4v) is 2.62. The van der Waals surface area contributed by atoms with E-state index in [0.717, 1.165) is 13.1 Å². The van der Waals surface area contributed by atoms with E-state index in [9.17, 15) is 0 Å². The molecule has 1 N–H and O–H groups in total. The van der Waals surface area contributed by atoms with Crippen molar-refractivity contribution in [2.75, 3.05) is 13.1 Å². The van der Waals surface area contributed by atoms with Crippen LogP contribution in [0.25, 0.3) is 0 Å². The molecule has 1 aromatic rings. The van der Waals surface area contributed by atoms with Crippen LogP contribution in [0, 0.1) is 6.92 Å². The first-order valence-corrected chi connectivity index (χ1v) is 5.41. The maximum Gasteiger partial charge on any atom is 0.00435 e. The Morgan fingerprint density at radius 3 is 2.86 bits per heavy atom. The highest BCUT2D eigenvalue weighted by Crippen LogP contribution is 2.30. The molecular weight excluding hydrogens is 170 g/mol. The summed E-state index contributed by atoms with van der Waals surface area (Å²) in [5.41, 5.74) is 4.80. The molecule has 1 aromatic carbocycles. The number of benzene rings is 1. The maximum absolute atomic E-state index is 3.51. The summed E-state index contributed by atoms with van der Waals surface area (Å²) in [5.74, 6) is 0. The first kappa shape index (κ1) is 9.72. The van der Waals surface area contributed by atoms with Gasteiger partial charge in [-0.15, -0.1) is 0 Å². The van der Waals surface area contributed by atoms with Gasteiger partial charge in [0.15, 0.2) is 0 Å². The summed E-state index contributed by atoms with van der Waals surface area (Å²) in [6, 6.07) is 6.68. The minimum Gasteiger partial charge on any atom is -0.316 e. The monoisotopic (exact) mass is 189 g/mol. The SMILES string of the molecule is Cc1cccc2c1C(C)(C)CNCC2. The molecular formula is C13H19N. The smallest absolute Gasteiger partial charge is 0.00435 e. The Morgan fingerprint density at radius 2 is 2.07 bits per heavy atom. The molecule has 1 nitrogen and oxygen atoms in total. The number of hydrogen-bond donors (Lipinski definition) is 1. The number of rotatable bonds is 0. The van der Waals surface area contributed by atoms with Gasteiger partial charge in [-0.3, -0.25) is 0 Å². The van der Waals surface area contributed by atoms with Crippen LogP contribution in [0.5, 0.6) is 0 Å². The van der Waals surface area contributed by atoms with E-state index in [4.69, 9.17) is 0 Å². The van der Waals surface area contributed by atoms with Crippen molar-refractivity contribution in [1.29, 1.82) is 0 Å². The average molecular weight is 189 g/mol. The van der Waals surface area contributed by atoms with E-state index in [1.807, 2.05) is 0 Å². The van der Waals surface area contributed by atoms with Crippen molar-refractivity contribution in [2.24, 2.45) is 0 Å². The highest BCUT2D eigenvalue weighted by atomic mass is 14.9. The zero-order valence-electron chi connectivity index (χ0n) is 9.35. The van der Waals surface area contributed by atoms with E-state index in [1.54, 1.807) is 5.56 Å². The zero-order valence-corrected chi connectivity index (χ0v) is 9.35. The maximum atomic E-state index is 3.51. The van der Waals surface area contributed by atoms with Gasteiger partial charge in [0.2, 0.25) is 0 Å². The fraction of sp³-hybridized carbons (Fsp3) is 0.538. The van der Waals surface area contributed by atoms with Crippen LogP contribution >= 0.6 is 0 Å². The van der Waals surface area contributed by atoms with E-state index in [-0.39, 0.29) is 5.41 Å². The third-order valence-electron chi connectivity index (χ3n) is 3.17. The lowest BCUT2D eigenvalue weighted by atomic mass is 9.79. The van der Waals surface area contributed by atoms with E-state index < -0.39 is 0 Å². The molecule has 0 spiro atoms. The second-order valence-electron chi connectivity index (χ2n) is 4.92. The number of hydrogen-bond acceptors (Lipinski definition) is 1. The van der Waals surface area contributed by atoms with Gasteiger partial charge in [0.05, 0.1) is 0 Å². The highest BCUT2D eigenvalue weighted by Gasteiger charge is 2.26. The quantitative estimate of drug-likeness (QED) is 0.661. The summed E-state index contributed by atoms with van der Waals surface area (Å²) in [4.78, 5) is 0. The van der Waals surface area contributed by atoms with Crippen LogP contribution in [0.4, 0.5) is 0 Å². The molecule has 0 unspecified atom stereocenters. The Labute approximate surface area is 86.5 Å². The molecule has 0 fully saturated rings. The molecule has 0 amide bonds. The van der Waals surface area contributed by atoms with Gasteiger partial charge < -0.3 is 5.32 Å². The molecule has 0 aliphatic carbocycles. The molecule has 0 saturated carbocycles. The standard InChI is InChI=1S/C13H19N/c1-10-5-4-6-11-7-8-14-9-13(2,3)12(10)11/h4-6,14H,7-9H2,1-3H3. The molecule has 0 atom stereocenters. The molecule has 1 aliphatic rings. The van der Waals surface area contributed by atoms with E-state index in [0.29, 0.717) is 0 Å². The van der Waals surface area contributed by atoms with Crippen LogP contribution in [-0.4, -0.2) is 13.1 Å². The molecule has 0 bridgehead atoms. The summed E-state index contributed by atoms with van der Waals surface area (Å²) < 4.78 is 0. The summed E-state index contributed by atoms with van der Waals surface area (Å²) in [7, 11) is 0. The number of fused-ring (bicyclic) bond motifs is 1. The van der Waals surface area contributed by atoms with Crippen molar-refractivity contribution in [3.8, 4) is 0 Å². The Morgan fingerprint density at radius 1 is 1.29 bits per heavy atom. The molecule has 2 rings (SSSR count). The van der Waals surface area contributed by atoms with Crippen LogP contribution < -0.4 is 5.32 Å². The van der Waals surface area contributed by atoms with Crippen molar-refractivity contribution in [3.63, 3.8) is 0 Å². The van der Waals surface area contributed by atoms with Crippen LogP contribution in [-0.2, 0) is 11.8 Å². The molecule has 76 valence electrons. The first-order valence-electron chi connectivity index (χ1n) is 5.41. The Balaban J connectivity index is 2.58. The third kappa shape index (κ3) is 1.57. The van der Waals surface area contributed by atoms with Crippen molar-refractivity contribution >= 4 is 0 Å². The van der Waals surface area contributed by atoms with Crippen LogP contribution in [0.2, 0.25) is 0 Å². The molecule has 1 heteroatoms. The van der Waals surface area contributed by atoms with Gasteiger partial charge in [-0.05, 0) is 36.6 Å². The first-order chi connectivity index (χ1) is 6.61. The van der Waals surface area contributed by atoms with Crippen LogP contribution in [0.15, 0.2) is 18.2 Å². The molecule has 14 heavy (non-hydrogen) atoms. The van der Waals surface area contributed by atoms with E-state index in [2.05, 4.69) is 44.3 Å². The van der Waals surface area contributed by atoms with E-state index >= 15 is 0 Å². The zero-order chi connectivity index (χ0) is 10.2. The van der Waals surface area contributed by atoms with Gasteiger partial charge in [0.1, 0.15) is 0 Å². The minimum absolute atomic E-state index is 0.275. The van der Waals surface area contributed by atoms with E-state index in [1.165, 1.54) is 17.5 Å². The summed E-state index contributed by atoms with van der Waals surface area (Å²) in [5, 5.41) is 3.51. The van der Waals surface area contributed by atoms with Gasteiger partial charge >= 0.3 is 0 Å². The highest BCUT2D eigenvalue weighted by molar-refractivity contribution is 5.41. The van der Waals surface area contributed by atoms with Crippen LogP contribution in [0.1, 0.15) is 30.5 Å². The Hall–Kier alpha value is -0.820. The molecule has 1 aliphatic heterocycles. The Bertz CT molecular complexity index is 339. The van der Waals surface area contributed by atoms with Gasteiger partial charge in [0, 0.05) is 12.0 Å². The average Bonchev–Trinajstić information content (AvgIpc) is 2.25. The summed E-state index contributed by atoms with van der Waals surface area (Å²) in [6.07, 6.45) is 1.17. The van der Waals surface area contributed by atoms with Crippen molar-refractivity contribution < 1.29 is 0 Å². The van der Waals surface area contributed by atoms with Gasteiger partial charge in [-0.1, -0.05) is 32.0 Å². The van der Waals surface area contributed by atoms with Crippen molar-refractivity contribution in [2.45, 2.75) is 32.6 Å². The van der Waals surface area contributed by atoms with Gasteiger partial charge in [0.25, 0.3) is 0 Å². The van der Waals surface area contributed by atoms with Crippen LogP contribution in [0.3, 0.4) is 0 Å². The molecule has 0 aromatic heterocycles. The van der Waals surface area contributed by atoms with Crippen molar-refractivity contribution in [3.05, 3.63) is 34.9 Å². The van der Waals surface area contributed by atoms with Crippen molar-refractivity contribution in [1.82, 2.24) is 5.32 Å². The number of nitrogens with one attached hydrogen (secondary N) is 1. The second-order valence-corrected chi connectivity index (χ2v) is 4.92. The predicted octanol–water partition coefficient (Wildman–Crippen LogP) is 2.42. The predicted molar refractivity (Wildman–Crippen MR) is 60.8 cm³/mol. The topological polar surface area (TPSA) is 12.0 Å². The fourth-order valence-electron chi connectivity index (χ4n) is 2.62. The molecule has 0 saturated heterocycles. The second kappa shape index (κ2) is 3.39.